The summed E-state index contributed by atoms with van der Waals surface area (Å²) in [5.74, 6) is 0.430. The van der Waals surface area contributed by atoms with Gasteiger partial charge in [0.05, 0.1) is 5.69 Å². The smallest absolute Gasteiger partial charge is 0.258 e. The van der Waals surface area contributed by atoms with Crippen molar-refractivity contribution in [2.75, 3.05) is 4.90 Å². The van der Waals surface area contributed by atoms with E-state index < -0.39 is 0 Å². The van der Waals surface area contributed by atoms with Gasteiger partial charge in [-0.05, 0) is 36.2 Å². The normalized spacial score (nSPS) is 13.7. The number of para-hydroxylation sites is 2. The first-order chi connectivity index (χ1) is 11.2. The molecule has 1 heterocycles. The molecule has 2 amide bonds. The van der Waals surface area contributed by atoms with Crippen LogP contribution in [0.15, 0.2) is 60.7 Å². The van der Waals surface area contributed by atoms with Crippen LogP contribution in [0.2, 0.25) is 0 Å². The van der Waals surface area contributed by atoms with E-state index in [0.717, 1.165) is 17.7 Å². The maximum atomic E-state index is 11.9. The Hall–Kier alpha value is -2.88. The van der Waals surface area contributed by atoms with Gasteiger partial charge in [0.15, 0.2) is 5.75 Å². The Bertz CT molecular complexity index is 744. The molecule has 0 saturated heterocycles. The Labute approximate surface area is 135 Å². The summed E-state index contributed by atoms with van der Waals surface area (Å²) < 4.78 is 5.88. The van der Waals surface area contributed by atoms with Gasteiger partial charge in [-0.15, -0.1) is 0 Å². The number of hydrogen-bond acceptors (Lipinski definition) is 3. The van der Waals surface area contributed by atoms with E-state index in [1.165, 1.54) is 17.7 Å². The molecule has 1 aliphatic rings. The summed E-state index contributed by atoms with van der Waals surface area (Å²) in [4.78, 5) is 24.9. The molecule has 0 aliphatic carbocycles. The van der Waals surface area contributed by atoms with E-state index in [1.54, 1.807) is 18.2 Å². The molecule has 4 nitrogen and oxygen atoms in total. The number of imide groups is 1. The van der Waals surface area contributed by atoms with Crippen LogP contribution in [-0.2, 0) is 16.0 Å². The SMILES string of the molecule is CCCc1ccc(Oc2ccccc2N2C(=O)C=CC2=O)cc1. The van der Waals surface area contributed by atoms with Crippen LogP contribution >= 0.6 is 0 Å². The molecule has 2 aromatic carbocycles. The lowest BCUT2D eigenvalue weighted by Crippen LogP contribution is -2.29. The Balaban J connectivity index is 1.86. The number of aryl methyl sites for hydroxylation is 1. The van der Waals surface area contributed by atoms with Gasteiger partial charge in [-0.25, -0.2) is 4.90 Å². The summed E-state index contributed by atoms with van der Waals surface area (Å²) in [7, 11) is 0. The molecule has 0 bridgehead atoms. The van der Waals surface area contributed by atoms with Crippen molar-refractivity contribution in [3.63, 3.8) is 0 Å². The zero-order valence-electron chi connectivity index (χ0n) is 12.9. The van der Waals surface area contributed by atoms with Gasteiger partial charge < -0.3 is 4.74 Å². The number of carbonyl (C=O) groups is 2. The predicted molar refractivity (Wildman–Crippen MR) is 88.6 cm³/mol. The van der Waals surface area contributed by atoms with Gasteiger partial charge in [0, 0.05) is 12.2 Å². The van der Waals surface area contributed by atoms with Crippen LogP contribution in [0.4, 0.5) is 5.69 Å². The second-order valence-corrected chi connectivity index (χ2v) is 5.31. The number of ether oxygens (including phenoxy) is 1. The van der Waals surface area contributed by atoms with Gasteiger partial charge in [0.1, 0.15) is 5.75 Å². The summed E-state index contributed by atoms with van der Waals surface area (Å²) in [6.45, 7) is 2.14. The average molecular weight is 307 g/mol. The lowest BCUT2D eigenvalue weighted by atomic mass is 10.1. The Kier molecular flexibility index (Phi) is 4.24. The summed E-state index contributed by atoms with van der Waals surface area (Å²) >= 11 is 0. The molecule has 0 spiro atoms. The van der Waals surface area contributed by atoms with Crippen molar-refractivity contribution < 1.29 is 14.3 Å². The van der Waals surface area contributed by atoms with Crippen molar-refractivity contribution >= 4 is 17.5 Å². The molecule has 0 radical (unpaired) electrons. The van der Waals surface area contributed by atoms with E-state index >= 15 is 0 Å². The minimum absolute atomic E-state index is 0.357. The second-order valence-electron chi connectivity index (χ2n) is 5.31. The summed E-state index contributed by atoms with van der Waals surface area (Å²) in [6.07, 6.45) is 4.64. The van der Waals surface area contributed by atoms with Crippen molar-refractivity contribution in [1.29, 1.82) is 0 Å². The standard InChI is InChI=1S/C19H17NO3/c1-2-5-14-8-10-15(11-9-14)23-17-7-4-3-6-16(17)20-18(21)12-13-19(20)22/h3-4,6-13H,2,5H2,1H3. The molecule has 0 fully saturated rings. The lowest BCUT2D eigenvalue weighted by molar-refractivity contribution is -0.120. The number of anilines is 1. The lowest BCUT2D eigenvalue weighted by Gasteiger charge is -2.18. The quantitative estimate of drug-likeness (QED) is 0.788. The van der Waals surface area contributed by atoms with E-state index in [-0.39, 0.29) is 11.8 Å². The first-order valence-corrected chi connectivity index (χ1v) is 7.61. The molecule has 0 N–H and O–H groups in total. The second kappa shape index (κ2) is 6.48. The van der Waals surface area contributed by atoms with E-state index in [2.05, 4.69) is 6.92 Å². The Morgan fingerprint density at radius 3 is 2.22 bits per heavy atom. The van der Waals surface area contributed by atoms with E-state index in [9.17, 15) is 9.59 Å². The van der Waals surface area contributed by atoms with Crippen LogP contribution in [0, 0.1) is 0 Å². The van der Waals surface area contributed by atoms with Gasteiger partial charge in [-0.1, -0.05) is 37.6 Å². The third-order valence-electron chi connectivity index (χ3n) is 3.61. The third kappa shape index (κ3) is 3.16. The van der Waals surface area contributed by atoms with Gasteiger partial charge in [-0.3, -0.25) is 9.59 Å². The zero-order chi connectivity index (χ0) is 16.2. The minimum atomic E-state index is -0.357. The molecule has 0 aromatic heterocycles. The van der Waals surface area contributed by atoms with Crippen molar-refractivity contribution in [3.8, 4) is 11.5 Å². The maximum Gasteiger partial charge on any atom is 0.258 e. The first kappa shape index (κ1) is 15.0. The molecule has 116 valence electrons. The van der Waals surface area contributed by atoms with E-state index in [1.807, 2.05) is 30.3 Å². The van der Waals surface area contributed by atoms with Crippen molar-refractivity contribution in [1.82, 2.24) is 0 Å². The van der Waals surface area contributed by atoms with Crippen molar-refractivity contribution in [3.05, 3.63) is 66.2 Å². The number of hydrogen-bond donors (Lipinski definition) is 0. The molecule has 3 rings (SSSR count). The Morgan fingerprint density at radius 1 is 0.913 bits per heavy atom. The largest absolute Gasteiger partial charge is 0.455 e. The van der Waals surface area contributed by atoms with Gasteiger partial charge in [0.2, 0.25) is 0 Å². The molecule has 1 aliphatic heterocycles. The van der Waals surface area contributed by atoms with Crippen LogP contribution in [0.3, 0.4) is 0 Å². The van der Waals surface area contributed by atoms with Gasteiger partial charge >= 0.3 is 0 Å². The summed E-state index contributed by atoms with van der Waals surface area (Å²) in [6, 6.07) is 14.9. The van der Waals surface area contributed by atoms with Gasteiger partial charge in [-0.2, -0.15) is 0 Å². The highest BCUT2D eigenvalue weighted by Crippen LogP contribution is 2.33. The highest BCUT2D eigenvalue weighted by atomic mass is 16.5. The van der Waals surface area contributed by atoms with Crippen LogP contribution in [0.25, 0.3) is 0 Å². The van der Waals surface area contributed by atoms with E-state index in [0.29, 0.717) is 17.2 Å². The van der Waals surface area contributed by atoms with Crippen molar-refractivity contribution in [2.45, 2.75) is 19.8 Å². The van der Waals surface area contributed by atoms with Crippen LogP contribution in [0.1, 0.15) is 18.9 Å². The van der Waals surface area contributed by atoms with Crippen molar-refractivity contribution in [2.24, 2.45) is 0 Å². The third-order valence-corrected chi connectivity index (χ3v) is 3.61. The molecule has 0 saturated carbocycles. The van der Waals surface area contributed by atoms with Crippen LogP contribution in [0.5, 0.6) is 11.5 Å². The number of carbonyl (C=O) groups excluding carboxylic acids is 2. The maximum absolute atomic E-state index is 11.9. The first-order valence-electron chi connectivity index (χ1n) is 7.61. The number of benzene rings is 2. The summed E-state index contributed by atoms with van der Waals surface area (Å²) in [5, 5.41) is 0. The number of amides is 2. The van der Waals surface area contributed by atoms with Crippen LogP contribution in [-0.4, -0.2) is 11.8 Å². The number of rotatable bonds is 5. The fourth-order valence-corrected chi connectivity index (χ4v) is 2.51. The zero-order valence-corrected chi connectivity index (χ0v) is 12.9. The van der Waals surface area contributed by atoms with E-state index in [4.69, 9.17) is 4.74 Å². The molecule has 4 heteroatoms. The summed E-state index contributed by atoms with van der Waals surface area (Å²) in [5.41, 5.74) is 1.70. The molecule has 2 aromatic rings. The molecular formula is C19H17NO3. The minimum Gasteiger partial charge on any atom is -0.455 e. The molecular weight excluding hydrogens is 290 g/mol. The van der Waals surface area contributed by atoms with Gasteiger partial charge in [0.25, 0.3) is 11.8 Å². The van der Waals surface area contributed by atoms with Crippen LogP contribution < -0.4 is 9.64 Å². The number of nitrogens with zero attached hydrogens (tertiary/aromatic N) is 1. The predicted octanol–water partition coefficient (Wildman–Crippen LogP) is 3.86. The monoisotopic (exact) mass is 307 g/mol. The average Bonchev–Trinajstić information content (AvgIpc) is 2.89. The molecule has 23 heavy (non-hydrogen) atoms. The molecule has 0 unspecified atom stereocenters. The fourth-order valence-electron chi connectivity index (χ4n) is 2.51. The highest BCUT2D eigenvalue weighted by Gasteiger charge is 2.27. The Morgan fingerprint density at radius 2 is 1.57 bits per heavy atom. The molecule has 0 atom stereocenters. The highest BCUT2D eigenvalue weighted by molar-refractivity contribution is 6.28. The fraction of sp³-hybridized carbons (Fsp3) is 0.158. The topological polar surface area (TPSA) is 46.6 Å².